The first-order chi connectivity index (χ1) is 7.93. The molecule has 0 aromatic heterocycles. The molecular formula is C12H20F2O3. The average Bonchev–Trinajstić information content (AvgIpc) is 2.30. The molecule has 0 aromatic rings. The summed E-state index contributed by atoms with van der Waals surface area (Å²) in [6.07, 6.45) is 1.06. The third-order valence-corrected chi connectivity index (χ3v) is 4.45. The first kappa shape index (κ1) is 13.2. The zero-order chi connectivity index (χ0) is 12.6. The van der Waals surface area contributed by atoms with Gasteiger partial charge in [0.2, 0.25) is 5.92 Å². The number of hydrogen-bond donors (Lipinski definition) is 2. The summed E-state index contributed by atoms with van der Waals surface area (Å²) in [4.78, 5) is 0. The molecule has 2 fully saturated rings. The highest BCUT2D eigenvalue weighted by molar-refractivity contribution is 5.03. The second-order valence-corrected chi connectivity index (χ2v) is 5.48. The van der Waals surface area contributed by atoms with E-state index in [9.17, 15) is 19.0 Å². The zero-order valence-electron chi connectivity index (χ0n) is 9.92. The van der Waals surface area contributed by atoms with Crippen LogP contribution < -0.4 is 0 Å². The van der Waals surface area contributed by atoms with E-state index in [2.05, 4.69) is 0 Å². The van der Waals surface area contributed by atoms with Crippen molar-refractivity contribution in [3.8, 4) is 0 Å². The Morgan fingerprint density at radius 2 is 1.71 bits per heavy atom. The Bertz CT molecular complexity index is 265. The summed E-state index contributed by atoms with van der Waals surface area (Å²) in [5, 5.41) is 20.2. The minimum atomic E-state index is -2.65. The van der Waals surface area contributed by atoms with Gasteiger partial charge in [0.15, 0.2) is 0 Å². The minimum Gasteiger partial charge on any atom is -0.396 e. The van der Waals surface area contributed by atoms with Crippen LogP contribution in [0.25, 0.3) is 0 Å². The molecule has 1 aliphatic carbocycles. The van der Waals surface area contributed by atoms with Gasteiger partial charge in [-0.05, 0) is 25.7 Å². The van der Waals surface area contributed by atoms with Crippen LogP contribution in [0.1, 0.15) is 38.5 Å². The molecule has 0 radical (unpaired) electrons. The van der Waals surface area contributed by atoms with E-state index in [0.29, 0.717) is 19.4 Å². The highest BCUT2D eigenvalue weighted by Gasteiger charge is 2.55. The lowest BCUT2D eigenvalue weighted by Gasteiger charge is -2.51. The van der Waals surface area contributed by atoms with Crippen LogP contribution in [0.2, 0.25) is 0 Å². The summed E-state index contributed by atoms with van der Waals surface area (Å²) < 4.78 is 31.6. The largest absolute Gasteiger partial charge is 0.396 e. The molecule has 1 atom stereocenters. The van der Waals surface area contributed by atoms with E-state index in [4.69, 9.17) is 4.74 Å². The van der Waals surface area contributed by atoms with Gasteiger partial charge in [-0.25, -0.2) is 8.78 Å². The van der Waals surface area contributed by atoms with Crippen molar-refractivity contribution in [3.05, 3.63) is 0 Å². The average molecular weight is 250 g/mol. The van der Waals surface area contributed by atoms with Gasteiger partial charge < -0.3 is 14.9 Å². The lowest BCUT2D eigenvalue weighted by Crippen LogP contribution is -2.57. The van der Waals surface area contributed by atoms with E-state index >= 15 is 0 Å². The van der Waals surface area contributed by atoms with Crippen LogP contribution in [0.5, 0.6) is 0 Å². The van der Waals surface area contributed by atoms with Crippen molar-refractivity contribution >= 4 is 0 Å². The number of rotatable bonds is 2. The lowest BCUT2D eigenvalue weighted by atomic mass is 9.61. The summed E-state index contributed by atoms with van der Waals surface area (Å²) >= 11 is 0. The van der Waals surface area contributed by atoms with Crippen molar-refractivity contribution < 1.29 is 23.7 Å². The predicted molar refractivity (Wildman–Crippen MR) is 57.9 cm³/mol. The Morgan fingerprint density at radius 3 is 2.18 bits per heavy atom. The molecule has 1 heterocycles. The van der Waals surface area contributed by atoms with Crippen molar-refractivity contribution in [2.45, 2.75) is 50.0 Å². The summed E-state index contributed by atoms with van der Waals surface area (Å²) in [6, 6.07) is 0. The van der Waals surface area contributed by atoms with Crippen molar-refractivity contribution in [3.63, 3.8) is 0 Å². The summed E-state index contributed by atoms with van der Waals surface area (Å²) in [7, 11) is 0. The van der Waals surface area contributed by atoms with Crippen molar-refractivity contribution in [1.82, 2.24) is 0 Å². The minimum absolute atomic E-state index is 0.152. The van der Waals surface area contributed by atoms with Crippen LogP contribution in [0.15, 0.2) is 0 Å². The zero-order valence-corrected chi connectivity index (χ0v) is 9.92. The lowest BCUT2D eigenvalue weighted by molar-refractivity contribution is -0.205. The molecule has 1 aliphatic heterocycles. The molecule has 1 unspecified atom stereocenters. The van der Waals surface area contributed by atoms with Crippen molar-refractivity contribution in [1.29, 1.82) is 0 Å². The molecule has 1 saturated heterocycles. The number of aliphatic hydroxyl groups excluding tert-OH is 1. The van der Waals surface area contributed by atoms with Gasteiger partial charge in [0.05, 0.1) is 18.8 Å². The standard InChI is InChI=1S/C12H20F2O3/c13-12(14)5-3-10(8-15,4-6-12)11(16)2-1-7-17-9-11/h15-16H,1-9H2. The van der Waals surface area contributed by atoms with Gasteiger partial charge in [-0.1, -0.05) is 0 Å². The highest BCUT2D eigenvalue weighted by Crippen LogP contribution is 2.51. The molecule has 0 spiro atoms. The Kier molecular flexibility index (Phi) is 3.45. The first-order valence-electron chi connectivity index (χ1n) is 6.22. The molecule has 5 heteroatoms. The molecule has 2 N–H and O–H groups in total. The SMILES string of the molecule is OCC1(C2(O)CCCOC2)CCC(F)(F)CC1. The van der Waals surface area contributed by atoms with Crippen molar-refractivity contribution in [2.75, 3.05) is 19.8 Å². The quantitative estimate of drug-likeness (QED) is 0.784. The molecule has 2 aliphatic rings. The van der Waals surface area contributed by atoms with Crippen LogP contribution in [0.4, 0.5) is 8.78 Å². The van der Waals surface area contributed by atoms with E-state index in [1.807, 2.05) is 0 Å². The molecule has 3 nitrogen and oxygen atoms in total. The maximum absolute atomic E-state index is 13.2. The molecular weight excluding hydrogens is 230 g/mol. The Balaban J connectivity index is 2.14. The van der Waals surface area contributed by atoms with E-state index in [1.54, 1.807) is 0 Å². The number of ether oxygens (including phenoxy) is 1. The fraction of sp³-hybridized carbons (Fsp3) is 1.00. The fourth-order valence-corrected chi connectivity index (χ4v) is 3.06. The molecule has 0 bridgehead atoms. The number of alkyl halides is 2. The molecule has 2 rings (SSSR count). The maximum Gasteiger partial charge on any atom is 0.248 e. The van der Waals surface area contributed by atoms with Gasteiger partial charge in [0.25, 0.3) is 0 Å². The second kappa shape index (κ2) is 4.44. The number of halogens is 2. The first-order valence-corrected chi connectivity index (χ1v) is 6.22. The third kappa shape index (κ3) is 2.33. The molecule has 0 aromatic carbocycles. The van der Waals surface area contributed by atoms with E-state index in [0.717, 1.165) is 0 Å². The predicted octanol–water partition coefficient (Wildman–Crippen LogP) is 1.72. The van der Waals surface area contributed by atoms with Crippen molar-refractivity contribution in [2.24, 2.45) is 5.41 Å². The number of hydrogen-bond acceptors (Lipinski definition) is 3. The molecule has 1 saturated carbocycles. The van der Waals surface area contributed by atoms with Gasteiger partial charge in [0, 0.05) is 24.9 Å². The van der Waals surface area contributed by atoms with Gasteiger partial charge in [0.1, 0.15) is 0 Å². The van der Waals surface area contributed by atoms with Crippen LogP contribution in [-0.2, 0) is 4.74 Å². The smallest absolute Gasteiger partial charge is 0.248 e. The second-order valence-electron chi connectivity index (χ2n) is 5.48. The van der Waals surface area contributed by atoms with Crippen LogP contribution in [0, 0.1) is 5.41 Å². The van der Waals surface area contributed by atoms with Gasteiger partial charge in [-0.3, -0.25) is 0 Å². The molecule has 100 valence electrons. The van der Waals surface area contributed by atoms with E-state index in [-0.39, 0.29) is 38.9 Å². The summed E-state index contributed by atoms with van der Waals surface area (Å²) in [6.45, 7) is 0.502. The van der Waals surface area contributed by atoms with Gasteiger partial charge in [-0.2, -0.15) is 0 Å². The maximum atomic E-state index is 13.2. The third-order valence-electron chi connectivity index (χ3n) is 4.45. The summed E-state index contributed by atoms with van der Waals surface area (Å²) in [5.41, 5.74) is -1.95. The molecule has 17 heavy (non-hydrogen) atoms. The number of aliphatic hydroxyl groups is 2. The normalized spacial score (nSPS) is 36.7. The monoisotopic (exact) mass is 250 g/mol. The Labute approximate surface area is 99.8 Å². The Hall–Kier alpha value is -0.260. The van der Waals surface area contributed by atoms with Crippen LogP contribution in [-0.4, -0.2) is 41.6 Å². The van der Waals surface area contributed by atoms with Gasteiger partial charge >= 0.3 is 0 Å². The van der Waals surface area contributed by atoms with Crippen LogP contribution in [0.3, 0.4) is 0 Å². The van der Waals surface area contributed by atoms with Crippen LogP contribution >= 0.6 is 0 Å². The van der Waals surface area contributed by atoms with E-state index in [1.165, 1.54) is 0 Å². The summed E-state index contributed by atoms with van der Waals surface area (Å²) in [5.74, 6) is -2.65. The topological polar surface area (TPSA) is 49.7 Å². The molecule has 0 amide bonds. The van der Waals surface area contributed by atoms with Gasteiger partial charge in [-0.15, -0.1) is 0 Å². The van der Waals surface area contributed by atoms with E-state index < -0.39 is 16.9 Å². The fourth-order valence-electron chi connectivity index (χ4n) is 3.06. The Morgan fingerprint density at radius 1 is 1.06 bits per heavy atom. The highest BCUT2D eigenvalue weighted by atomic mass is 19.3.